The number of pyridine rings is 1. The van der Waals surface area contributed by atoms with E-state index >= 15 is 0 Å². The van der Waals surface area contributed by atoms with Crippen LogP contribution in [0, 0.1) is 5.92 Å². The average molecular weight is 277 g/mol. The maximum atomic E-state index is 12.5. The Hall–Kier alpha value is -1.42. The van der Waals surface area contributed by atoms with Crippen molar-refractivity contribution in [3.05, 3.63) is 30.1 Å². The zero-order chi connectivity index (χ0) is 15.0. The number of likely N-dealkylation sites (N-methyl/N-ethyl adjacent to an activating group) is 1. The van der Waals surface area contributed by atoms with Crippen molar-refractivity contribution in [3.63, 3.8) is 0 Å². The van der Waals surface area contributed by atoms with Crippen LogP contribution in [0.5, 0.6) is 0 Å². The largest absolute Gasteiger partial charge is 0.337 e. The van der Waals surface area contributed by atoms with Gasteiger partial charge in [-0.1, -0.05) is 27.7 Å². The van der Waals surface area contributed by atoms with Crippen LogP contribution < -0.4 is 0 Å². The standard InChI is InChI=1S/C16H27N3O/c1-5-18(6-2)11-12-19(13-14(3)4)16(20)15-7-9-17-10-8-15/h7-10,14H,5-6,11-13H2,1-4H3. The first-order valence-electron chi connectivity index (χ1n) is 7.50. The highest BCUT2D eigenvalue weighted by molar-refractivity contribution is 5.94. The second-order valence-corrected chi connectivity index (χ2v) is 5.41. The van der Waals surface area contributed by atoms with Gasteiger partial charge >= 0.3 is 0 Å². The molecular weight excluding hydrogens is 250 g/mol. The molecule has 1 rings (SSSR count). The first-order valence-corrected chi connectivity index (χ1v) is 7.50. The van der Waals surface area contributed by atoms with Crippen LogP contribution in [0.2, 0.25) is 0 Å². The molecule has 1 aromatic heterocycles. The molecule has 0 saturated heterocycles. The Morgan fingerprint density at radius 1 is 1.15 bits per heavy atom. The van der Waals surface area contributed by atoms with Gasteiger partial charge in [-0.05, 0) is 31.1 Å². The second-order valence-electron chi connectivity index (χ2n) is 5.41. The molecule has 4 heteroatoms. The van der Waals surface area contributed by atoms with Crippen molar-refractivity contribution in [2.24, 2.45) is 5.92 Å². The van der Waals surface area contributed by atoms with Gasteiger partial charge in [-0.2, -0.15) is 0 Å². The molecule has 0 aliphatic carbocycles. The van der Waals surface area contributed by atoms with Gasteiger partial charge in [-0.15, -0.1) is 0 Å². The van der Waals surface area contributed by atoms with Gasteiger partial charge < -0.3 is 9.80 Å². The highest BCUT2D eigenvalue weighted by atomic mass is 16.2. The van der Waals surface area contributed by atoms with Crippen LogP contribution in [0.15, 0.2) is 24.5 Å². The highest BCUT2D eigenvalue weighted by Crippen LogP contribution is 2.07. The van der Waals surface area contributed by atoms with Crippen molar-refractivity contribution in [2.75, 3.05) is 32.7 Å². The molecular formula is C16H27N3O. The third-order valence-corrected chi connectivity index (χ3v) is 3.38. The summed E-state index contributed by atoms with van der Waals surface area (Å²) in [5, 5.41) is 0. The van der Waals surface area contributed by atoms with E-state index < -0.39 is 0 Å². The number of carbonyl (C=O) groups is 1. The van der Waals surface area contributed by atoms with E-state index in [4.69, 9.17) is 0 Å². The van der Waals surface area contributed by atoms with Crippen LogP contribution in [0.4, 0.5) is 0 Å². The normalized spacial score (nSPS) is 11.1. The molecule has 0 aliphatic heterocycles. The van der Waals surface area contributed by atoms with Crippen molar-refractivity contribution >= 4 is 5.91 Å². The smallest absolute Gasteiger partial charge is 0.254 e. The maximum Gasteiger partial charge on any atom is 0.254 e. The maximum absolute atomic E-state index is 12.5. The van der Waals surface area contributed by atoms with Gasteiger partial charge in [0.05, 0.1) is 0 Å². The fourth-order valence-corrected chi connectivity index (χ4v) is 2.20. The number of aromatic nitrogens is 1. The zero-order valence-corrected chi connectivity index (χ0v) is 13.2. The minimum Gasteiger partial charge on any atom is -0.337 e. The zero-order valence-electron chi connectivity index (χ0n) is 13.2. The molecule has 0 bridgehead atoms. The minimum atomic E-state index is 0.105. The second kappa shape index (κ2) is 8.69. The molecule has 112 valence electrons. The molecule has 20 heavy (non-hydrogen) atoms. The summed E-state index contributed by atoms with van der Waals surface area (Å²) in [6, 6.07) is 3.57. The molecule has 1 heterocycles. The summed E-state index contributed by atoms with van der Waals surface area (Å²) < 4.78 is 0. The van der Waals surface area contributed by atoms with Crippen LogP contribution in [0.25, 0.3) is 0 Å². The lowest BCUT2D eigenvalue weighted by Gasteiger charge is -2.28. The van der Waals surface area contributed by atoms with Crippen molar-refractivity contribution in [2.45, 2.75) is 27.7 Å². The van der Waals surface area contributed by atoms with Crippen LogP contribution >= 0.6 is 0 Å². The van der Waals surface area contributed by atoms with Crippen LogP contribution in [-0.2, 0) is 0 Å². The fourth-order valence-electron chi connectivity index (χ4n) is 2.20. The van der Waals surface area contributed by atoms with E-state index in [1.807, 2.05) is 4.90 Å². The molecule has 1 amide bonds. The van der Waals surface area contributed by atoms with Gasteiger partial charge in [-0.25, -0.2) is 0 Å². The van der Waals surface area contributed by atoms with E-state index in [0.29, 0.717) is 5.92 Å². The SMILES string of the molecule is CCN(CC)CCN(CC(C)C)C(=O)c1ccncc1. The molecule has 0 spiro atoms. The molecule has 0 aliphatic rings. The summed E-state index contributed by atoms with van der Waals surface area (Å²) in [4.78, 5) is 20.8. The van der Waals surface area contributed by atoms with Crippen molar-refractivity contribution < 1.29 is 4.79 Å². The summed E-state index contributed by atoms with van der Waals surface area (Å²) in [7, 11) is 0. The third kappa shape index (κ3) is 5.29. The summed E-state index contributed by atoms with van der Waals surface area (Å²) in [5.74, 6) is 0.575. The number of carbonyl (C=O) groups excluding carboxylic acids is 1. The predicted molar refractivity (Wildman–Crippen MR) is 82.8 cm³/mol. The van der Waals surface area contributed by atoms with Gasteiger partial charge in [0.25, 0.3) is 5.91 Å². The predicted octanol–water partition coefficient (Wildman–Crippen LogP) is 2.52. The first kappa shape index (κ1) is 16.6. The van der Waals surface area contributed by atoms with Gasteiger partial charge in [-0.3, -0.25) is 9.78 Å². The van der Waals surface area contributed by atoms with Crippen LogP contribution in [0.3, 0.4) is 0 Å². The number of hydrogen-bond donors (Lipinski definition) is 0. The van der Waals surface area contributed by atoms with Crippen LogP contribution in [0.1, 0.15) is 38.1 Å². The number of hydrogen-bond acceptors (Lipinski definition) is 3. The molecule has 0 aromatic carbocycles. The van der Waals surface area contributed by atoms with E-state index in [1.54, 1.807) is 24.5 Å². The number of rotatable bonds is 8. The Labute approximate surface area is 122 Å². The average Bonchev–Trinajstić information content (AvgIpc) is 2.46. The van der Waals surface area contributed by atoms with Crippen molar-refractivity contribution in [1.29, 1.82) is 0 Å². The Kier molecular flexibility index (Phi) is 7.23. The highest BCUT2D eigenvalue weighted by Gasteiger charge is 2.17. The molecule has 4 nitrogen and oxygen atoms in total. The Morgan fingerprint density at radius 2 is 1.75 bits per heavy atom. The number of amides is 1. The monoisotopic (exact) mass is 277 g/mol. The van der Waals surface area contributed by atoms with E-state index in [1.165, 1.54) is 0 Å². The lowest BCUT2D eigenvalue weighted by molar-refractivity contribution is 0.0716. The minimum absolute atomic E-state index is 0.105. The van der Waals surface area contributed by atoms with Crippen LogP contribution in [-0.4, -0.2) is 53.4 Å². The summed E-state index contributed by atoms with van der Waals surface area (Å²) >= 11 is 0. The number of nitrogens with zero attached hydrogens (tertiary/aromatic N) is 3. The van der Waals surface area contributed by atoms with Gasteiger partial charge in [0, 0.05) is 37.6 Å². The molecule has 0 saturated carbocycles. The first-order chi connectivity index (χ1) is 9.58. The molecule has 0 N–H and O–H groups in total. The van der Waals surface area contributed by atoms with Gasteiger partial charge in [0.15, 0.2) is 0 Å². The molecule has 0 unspecified atom stereocenters. The van der Waals surface area contributed by atoms with E-state index in [0.717, 1.165) is 38.3 Å². The summed E-state index contributed by atoms with van der Waals surface area (Å²) in [6.45, 7) is 13.1. The van der Waals surface area contributed by atoms with Gasteiger partial charge in [0.2, 0.25) is 0 Å². The fraction of sp³-hybridized carbons (Fsp3) is 0.625. The van der Waals surface area contributed by atoms with Crippen molar-refractivity contribution in [3.8, 4) is 0 Å². The summed E-state index contributed by atoms with van der Waals surface area (Å²) in [6.07, 6.45) is 3.34. The lowest BCUT2D eigenvalue weighted by atomic mass is 10.1. The Morgan fingerprint density at radius 3 is 2.25 bits per heavy atom. The lowest BCUT2D eigenvalue weighted by Crippen LogP contribution is -2.40. The molecule has 0 radical (unpaired) electrons. The van der Waals surface area contributed by atoms with E-state index in [9.17, 15) is 4.79 Å². The Balaban J connectivity index is 2.71. The molecule has 0 atom stereocenters. The molecule has 1 aromatic rings. The summed E-state index contributed by atoms with van der Waals surface area (Å²) in [5.41, 5.74) is 0.722. The van der Waals surface area contributed by atoms with E-state index in [-0.39, 0.29) is 5.91 Å². The van der Waals surface area contributed by atoms with E-state index in [2.05, 4.69) is 37.6 Å². The topological polar surface area (TPSA) is 36.4 Å². The Bertz CT molecular complexity index is 388. The third-order valence-electron chi connectivity index (χ3n) is 3.38. The molecule has 0 fully saturated rings. The van der Waals surface area contributed by atoms with Crippen molar-refractivity contribution in [1.82, 2.24) is 14.8 Å². The quantitative estimate of drug-likeness (QED) is 0.732. The van der Waals surface area contributed by atoms with Gasteiger partial charge in [0.1, 0.15) is 0 Å².